The number of aryl methyl sites for hydroxylation is 5. The minimum atomic E-state index is -0.199. The number of nitrogens with zero attached hydrogens (tertiary/aromatic N) is 3. The van der Waals surface area contributed by atoms with Gasteiger partial charge in [-0.2, -0.15) is 4.74 Å². The van der Waals surface area contributed by atoms with Crippen LogP contribution in [0.1, 0.15) is 50.8 Å². The number of carbonyl (C=O) groups excluding carboxylic acids is 1. The van der Waals surface area contributed by atoms with E-state index in [9.17, 15) is 9.59 Å². The highest BCUT2D eigenvalue weighted by atomic mass is 32.2. The van der Waals surface area contributed by atoms with E-state index in [1.165, 1.54) is 4.74 Å². The number of ether oxygens (including phenoxy) is 1. The molecule has 182 valence electrons. The summed E-state index contributed by atoms with van der Waals surface area (Å²) in [7, 11) is 3.16. The number of fused-ring (bicyclic) bond motifs is 1. The SMILES string of the molecule is COc1c(C)cc(/C(=C/CCc2nnc(C)o2)c2cc(C)c3on(C)c(=O)c3c2)cc1C(=O)SC. The van der Waals surface area contributed by atoms with Gasteiger partial charge in [-0.25, -0.2) is 0 Å². The van der Waals surface area contributed by atoms with Gasteiger partial charge in [-0.1, -0.05) is 17.8 Å². The van der Waals surface area contributed by atoms with Crippen LogP contribution in [0.5, 0.6) is 5.75 Å². The number of allylic oxidation sites excluding steroid dienone is 1. The van der Waals surface area contributed by atoms with Crippen LogP contribution < -0.4 is 10.3 Å². The molecule has 0 amide bonds. The second-order valence-corrected chi connectivity index (χ2v) is 9.08. The Morgan fingerprint density at radius 1 is 1.11 bits per heavy atom. The van der Waals surface area contributed by atoms with Gasteiger partial charge in [-0.05, 0) is 78.6 Å². The van der Waals surface area contributed by atoms with Gasteiger partial charge < -0.3 is 13.7 Å². The molecule has 0 aliphatic carbocycles. The van der Waals surface area contributed by atoms with Crippen molar-refractivity contribution in [3.05, 3.63) is 80.3 Å². The Morgan fingerprint density at radius 2 is 1.83 bits per heavy atom. The molecule has 0 aliphatic heterocycles. The van der Waals surface area contributed by atoms with E-state index in [4.69, 9.17) is 13.7 Å². The average Bonchev–Trinajstić information content (AvgIpc) is 3.38. The van der Waals surface area contributed by atoms with Crippen molar-refractivity contribution in [3.8, 4) is 5.75 Å². The lowest BCUT2D eigenvalue weighted by Gasteiger charge is -2.16. The molecule has 0 radical (unpaired) electrons. The summed E-state index contributed by atoms with van der Waals surface area (Å²) in [5.74, 6) is 1.63. The molecule has 4 aromatic rings. The van der Waals surface area contributed by atoms with Crippen LogP contribution in [-0.4, -0.2) is 33.4 Å². The van der Waals surface area contributed by atoms with Crippen molar-refractivity contribution < 1.29 is 18.5 Å². The first kappa shape index (κ1) is 24.5. The molecule has 35 heavy (non-hydrogen) atoms. The zero-order valence-corrected chi connectivity index (χ0v) is 21.4. The van der Waals surface area contributed by atoms with E-state index < -0.39 is 0 Å². The van der Waals surface area contributed by atoms with Gasteiger partial charge >= 0.3 is 0 Å². The number of aromatic nitrogens is 3. The molecule has 0 N–H and O–H groups in total. The lowest BCUT2D eigenvalue weighted by atomic mass is 9.91. The fourth-order valence-corrected chi connectivity index (χ4v) is 4.57. The Labute approximate surface area is 206 Å². The van der Waals surface area contributed by atoms with Crippen molar-refractivity contribution in [3.63, 3.8) is 0 Å². The van der Waals surface area contributed by atoms with Crippen molar-refractivity contribution >= 4 is 33.4 Å². The molecule has 0 saturated carbocycles. The summed E-state index contributed by atoms with van der Waals surface area (Å²) >= 11 is 1.14. The molecule has 0 bridgehead atoms. The molecule has 0 fully saturated rings. The molecule has 0 spiro atoms. The van der Waals surface area contributed by atoms with Crippen molar-refractivity contribution in [1.29, 1.82) is 0 Å². The zero-order valence-electron chi connectivity index (χ0n) is 20.6. The number of hydrogen-bond acceptors (Lipinski definition) is 8. The monoisotopic (exact) mass is 493 g/mol. The van der Waals surface area contributed by atoms with Crippen molar-refractivity contribution in [1.82, 2.24) is 14.9 Å². The van der Waals surface area contributed by atoms with E-state index in [2.05, 4.69) is 16.3 Å². The fraction of sp³-hybridized carbons (Fsp3) is 0.308. The Balaban J connectivity index is 1.89. The van der Waals surface area contributed by atoms with Crippen LogP contribution in [0.15, 0.2) is 44.1 Å². The highest BCUT2D eigenvalue weighted by Gasteiger charge is 2.19. The van der Waals surface area contributed by atoms with E-state index in [0.29, 0.717) is 46.9 Å². The van der Waals surface area contributed by atoms with Gasteiger partial charge in [-0.15, -0.1) is 10.2 Å². The van der Waals surface area contributed by atoms with Gasteiger partial charge in [0.15, 0.2) is 5.58 Å². The van der Waals surface area contributed by atoms with Crippen LogP contribution in [-0.2, 0) is 13.5 Å². The lowest BCUT2D eigenvalue weighted by Crippen LogP contribution is -2.09. The summed E-state index contributed by atoms with van der Waals surface area (Å²) in [5, 5.41) is 8.39. The second-order valence-electron chi connectivity index (χ2n) is 8.30. The molecule has 0 unspecified atom stereocenters. The first-order valence-electron chi connectivity index (χ1n) is 11.1. The smallest absolute Gasteiger partial charge is 0.290 e. The second kappa shape index (κ2) is 9.95. The maximum atomic E-state index is 12.7. The molecule has 9 heteroatoms. The molecule has 2 aromatic heterocycles. The summed E-state index contributed by atoms with van der Waals surface area (Å²) in [6.07, 6.45) is 5.00. The fourth-order valence-electron chi connectivity index (χ4n) is 4.20. The Kier molecular flexibility index (Phi) is 6.98. The summed E-state index contributed by atoms with van der Waals surface area (Å²) in [6, 6.07) is 7.67. The third-order valence-electron chi connectivity index (χ3n) is 5.80. The number of rotatable bonds is 7. The Bertz CT molecular complexity index is 1510. The van der Waals surface area contributed by atoms with Crippen LogP contribution in [0.3, 0.4) is 0 Å². The topological polar surface area (TPSA) is 100 Å². The van der Waals surface area contributed by atoms with E-state index in [1.807, 2.05) is 38.1 Å². The minimum absolute atomic E-state index is 0.0807. The number of carbonyl (C=O) groups is 1. The lowest BCUT2D eigenvalue weighted by molar-refractivity contribution is 0.108. The molecular formula is C26H27N3O5S. The first-order chi connectivity index (χ1) is 16.7. The summed E-state index contributed by atoms with van der Waals surface area (Å²) in [5.41, 5.74) is 5.14. The predicted molar refractivity (Wildman–Crippen MR) is 136 cm³/mol. The number of thioether (sulfide) groups is 1. The van der Waals surface area contributed by atoms with E-state index >= 15 is 0 Å². The maximum absolute atomic E-state index is 12.7. The first-order valence-corrected chi connectivity index (χ1v) is 12.3. The van der Waals surface area contributed by atoms with E-state index in [-0.39, 0.29) is 10.7 Å². The summed E-state index contributed by atoms with van der Waals surface area (Å²) in [6.45, 7) is 5.58. The Hall–Kier alpha value is -3.59. The largest absolute Gasteiger partial charge is 0.496 e. The molecule has 4 rings (SSSR count). The highest BCUT2D eigenvalue weighted by molar-refractivity contribution is 8.13. The van der Waals surface area contributed by atoms with Crippen molar-refractivity contribution in [2.75, 3.05) is 13.4 Å². The van der Waals surface area contributed by atoms with Crippen LogP contribution in [0, 0.1) is 20.8 Å². The quantitative estimate of drug-likeness (QED) is 0.354. The summed E-state index contributed by atoms with van der Waals surface area (Å²) < 4.78 is 17.9. The van der Waals surface area contributed by atoms with Gasteiger partial charge in [0.05, 0.1) is 18.1 Å². The highest BCUT2D eigenvalue weighted by Crippen LogP contribution is 2.35. The van der Waals surface area contributed by atoms with Crippen LogP contribution in [0.25, 0.3) is 16.5 Å². The summed E-state index contributed by atoms with van der Waals surface area (Å²) in [4.78, 5) is 25.4. The normalized spacial score (nSPS) is 11.9. The maximum Gasteiger partial charge on any atom is 0.290 e. The van der Waals surface area contributed by atoms with Gasteiger partial charge in [0.2, 0.25) is 16.9 Å². The molecule has 0 aliphatic rings. The molecule has 2 aromatic carbocycles. The van der Waals surface area contributed by atoms with Gasteiger partial charge in [0.25, 0.3) is 5.56 Å². The van der Waals surface area contributed by atoms with Gasteiger partial charge in [-0.3, -0.25) is 9.59 Å². The molecular weight excluding hydrogens is 466 g/mol. The van der Waals surface area contributed by atoms with Crippen molar-refractivity contribution in [2.45, 2.75) is 33.6 Å². The average molecular weight is 494 g/mol. The van der Waals surface area contributed by atoms with Crippen molar-refractivity contribution in [2.24, 2.45) is 7.05 Å². The van der Waals surface area contributed by atoms with Gasteiger partial charge in [0.1, 0.15) is 5.75 Å². The molecule has 2 heterocycles. The molecule has 0 saturated heterocycles. The van der Waals surface area contributed by atoms with Crippen LogP contribution in [0.2, 0.25) is 0 Å². The number of methoxy groups -OCH3 is 1. The Morgan fingerprint density at radius 3 is 2.49 bits per heavy atom. The number of hydrogen-bond donors (Lipinski definition) is 0. The van der Waals surface area contributed by atoms with Crippen LogP contribution in [0.4, 0.5) is 0 Å². The van der Waals surface area contributed by atoms with E-state index in [0.717, 1.165) is 39.6 Å². The predicted octanol–water partition coefficient (Wildman–Crippen LogP) is 5.02. The zero-order chi connectivity index (χ0) is 25.3. The third-order valence-corrected chi connectivity index (χ3v) is 6.39. The van der Waals surface area contributed by atoms with E-state index in [1.54, 1.807) is 27.3 Å². The minimum Gasteiger partial charge on any atom is -0.496 e. The van der Waals surface area contributed by atoms with Gasteiger partial charge in [0, 0.05) is 20.4 Å². The molecule has 0 atom stereocenters. The van der Waals surface area contributed by atoms with Crippen LogP contribution >= 0.6 is 11.8 Å². The molecule has 8 nitrogen and oxygen atoms in total. The standard InChI is InChI=1S/C26H27N3O5S/c1-14-10-18(13-21(23(14)32-5)26(31)35-6)19(8-7-9-22-28-27-16(3)33-22)17-11-15(2)24-20(12-17)25(30)29(4)34-24/h8,10-13H,7,9H2,1-6H3/b19-8+. The third kappa shape index (κ3) is 4.81. The number of benzene rings is 2.